The molecule has 1 amide bonds. The average molecular weight is 203 g/mol. The van der Waals surface area contributed by atoms with E-state index in [0.717, 1.165) is 11.6 Å². The Kier molecular flexibility index (Phi) is 2.25. The fourth-order valence-corrected chi connectivity index (χ4v) is 1.41. The number of amides is 1. The SMILES string of the molecule is NC(=O)C1=CC(=O)C(c2ccccc2)O1. The van der Waals surface area contributed by atoms with Crippen molar-refractivity contribution in [3.63, 3.8) is 0 Å². The molecule has 1 aromatic rings. The highest BCUT2D eigenvalue weighted by Gasteiger charge is 2.30. The topological polar surface area (TPSA) is 69.4 Å². The monoisotopic (exact) mass is 203 g/mol. The molecule has 2 rings (SSSR count). The Morgan fingerprint density at radius 2 is 1.93 bits per heavy atom. The minimum Gasteiger partial charge on any atom is -0.472 e. The van der Waals surface area contributed by atoms with Crippen molar-refractivity contribution in [2.24, 2.45) is 5.73 Å². The van der Waals surface area contributed by atoms with Gasteiger partial charge in [0.1, 0.15) is 0 Å². The maximum Gasteiger partial charge on any atom is 0.283 e. The number of ether oxygens (including phenoxy) is 1. The van der Waals surface area contributed by atoms with Crippen LogP contribution in [0, 0.1) is 0 Å². The normalized spacial score (nSPS) is 19.6. The number of carbonyl (C=O) groups excluding carboxylic acids is 2. The van der Waals surface area contributed by atoms with Gasteiger partial charge in [0, 0.05) is 11.6 Å². The third kappa shape index (κ3) is 1.74. The van der Waals surface area contributed by atoms with Gasteiger partial charge in [0.2, 0.25) is 5.78 Å². The molecule has 4 heteroatoms. The van der Waals surface area contributed by atoms with E-state index in [-0.39, 0.29) is 11.5 Å². The summed E-state index contributed by atoms with van der Waals surface area (Å²) in [6.45, 7) is 0. The van der Waals surface area contributed by atoms with Crippen LogP contribution in [0.4, 0.5) is 0 Å². The Morgan fingerprint density at radius 3 is 2.47 bits per heavy atom. The molecule has 0 spiro atoms. The van der Waals surface area contributed by atoms with Crippen molar-refractivity contribution in [3.8, 4) is 0 Å². The van der Waals surface area contributed by atoms with E-state index in [1.54, 1.807) is 24.3 Å². The lowest BCUT2D eigenvalue weighted by molar-refractivity contribution is -0.122. The first-order valence-electron chi connectivity index (χ1n) is 4.45. The van der Waals surface area contributed by atoms with Crippen LogP contribution >= 0.6 is 0 Å². The molecule has 1 aliphatic heterocycles. The van der Waals surface area contributed by atoms with Crippen LogP contribution in [0.15, 0.2) is 42.2 Å². The smallest absolute Gasteiger partial charge is 0.283 e. The molecule has 1 atom stereocenters. The third-order valence-corrected chi connectivity index (χ3v) is 2.12. The predicted octanol–water partition coefficient (Wildman–Crippen LogP) is 0.696. The highest BCUT2D eigenvalue weighted by molar-refractivity contribution is 6.04. The second-order valence-electron chi connectivity index (χ2n) is 3.18. The van der Waals surface area contributed by atoms with Crippen molar-refractivity contribution < 1.29 is 14.3 Å². The van der Waals surface area contributed by atoms with Crippen LogP contribution in [0.2, 0.25) is 0 Å². The molecule has 0 aliphatic carbocycles. The van der Waals surface area contributed by atoms with Gasteiger partial charge in [-0.05, 0) is 0 Å². The molecule has 1 unspecified atom stereocenters. The minimum atomic E-state index is -0.728. The molecule has 76 valence electrons. The summed E-state index contributed by atoms with van der Waals surface area (Å²) in [4.78, 5) is 22.3. The van der Waals surface area contributed by atoms with Crippen molar-refractivity contribution in [1.29, 1.82) is 0 Å². The van der Waals surface area contributed by atoms with E-state index in [0.29, 0.717) is 0 Å². The van der Waals surface area contributed by atoms with Gasteiger partial charge in [-0.1, -0.05) is 30.3 Å². The van der Waals surface area contributed by atoms with Gasteiger partial charge in [-0.2, -0.15) is 0 Å². The van der Waals surface area contributed by atoms with Gasteiger partial charge in [-0.15, -0.1) is 0 Å². The molecule has 0 bridgehead atoms. The molecule has 0 saturated heterocycles. The van der Waals surface area contributed by atoms with Crippen LogP contribution in [0.1, 0.15) is 11.7 Å². The number of rotatable bonds is 2. The van der Waals surface area contributed by atoms with Gasteiger partial charge in [0.05, 0.1) is 0 Å². The van der Waals surface area contributed by atoms with Crippen molar-refractivity contribution in [1.82, 2.24) is 0 Å². The summed E-state index contributed by atoms with van der Waals surface area (Å²) in [6.07, 6.45) is 0.411. The summed E-state index contributed by atoms with van der Waals surface area (Å²) in [6, 6.07) is 8.97. The lowest BCUT2D eigenvalue weighted by atomic mass is 10.1. The summed E-state index contributed by atoms with van der Waals surface area (Å²) in [5.74, 6) is -1.05. The van der Waals surface area contributed by atoms with Crippen LogP contribution < -0.4 is 5.73 Å². The van der Waals surface area contributed by atoms with E-state index in [1.165, 1.54) is 0 Å². The molecular formula is C11H9NO3. The Hall–Kier alpha value is -2.10. The average Bonchev–Trinajstić information content (AvgIpc) is 2.62. The van der Waals surface area contributed by atoms with Gasteiger partial charge in [-0.3, -0.25) is 9.59 Å². The molecule has 1 aromatic carbocycles. The van der Waals surface area contributed by atoms with Crippen LogP contribution in [0.25, 0.3) is 0 Å². The molecule has 4 nitrogen and oxygen atoms in total. The number of carbonyl (C=O) groups is 2. The number of hydrogen-bond acceptors (Lipinski definition) is 3. The fourth-order valence-electron chi connectivity index (χ4n) is 1.41. The van der Waals surface area contributed by atoms with E-state index in [1.807, 2.05) is 6.07 Å². The lowest BCUT2D eigenvalue weighted by Crippen LogP contribution is -2.15. The lowest BCUT2D eigenvalue weighted by Gasteiger charge is -2.10. The van der Waals surface area contributed by atoms with Crippen LogP contribution in [-0.4, -0.2) is 11.7 Å². The molecule has 0 saturated carbocycles. The second kappa shape index (κ2) is 3.57. The summed E-state index contributed by atoms with van der Waals surface area (Å²) in [5.41, 5.74) is 5.73. The number of hydrogen-bond donors (Lipinski definition) is 1. The third-order valence-electron chi connectivity index (χ3n) is 2.12. The van der Waals surface area contributed by atoms with Gasteiger partial charge >= 0.3 is 0 Å². The number of benzene rings is 1. The first-order valence-corrected chi connectivity index (χ1v) is 4.45. The standard InChI is InChI=1S/C11H9NO3/c12-11(14)9-6-8(13)10(15-9)7-4-2-1-3-5-7/h1-6,10H,(H2,12,14). The largest absolute Gasteiger partial charge is 0.472 e. The Bertz CT molecular complexity index is 436. The van der Waals surface area contributed by atoms with Gasteiger partial charge in [-0.25, -0.2) is 0 Å². The van der Waals surface area contributed by atoms with Crippen molar-refractivity contribution >= 4 is 11.7 Å². The maximum atomic E-state index is 11.5. The first-order chi connectivity index (χ1) is 7.18. The summed E-state index contributed by atoms with van der Waals surface area (Å²) in [7, 11) is 0. The highest BCUT2D eigenvalue weighted by Crippen LogP contribution is 2.27. The molecular weight excluding hydrogens is 194 g/mol. The Morgan fingerprint density at radius 1 is 1.27 bits per heavy atom. The van der Waals surface area contributed by atoms with Crippen LogP contribution in [-0.2, 0) is 14.3 Å². The molecule has 0 fully saturated rings. The molecule has 0 aromatic heterocycles. The zero-order valence-corrected chi connectivity index (χ0v) is 7.84. The molecule has 2 N–H and O–H groups in total. The fraction of sp³-hybridized carbons (Fsp3) is 0.0909. The quantitative estimate of drug-likeness (QED) is 0.769. The highest BCUT2D eigenvalue weighted by atomic mass is 16.5. The zero-order chi connectivity index (χ0) is 10.8. The van der Waals surface area contributed by atoms with E-state index in [9.17, 15) is 9.59 Å². The number of nitrogens with two attached hydrogens (primary N) is 1. The molecule has 15 heavy (non-hydrogen) atoms. The zero-order valence-electron chi connectivity index (χ0n) is 7.84. The Balaban J connectivity index is 2.24. The second-order valence-corrected chi connectivity index (χ2v) is 3.18. The predicted molar refractivity (Wildman–Crippen MR) is 52.6 cm³/mol. The minimum absolute atomic E-state index is 0.0751. The molecule has 0 radical (unpaired) electrons. The molecule has 1 heterocycles. The van der Waals surface area contributed by atoms with E-state index >= 15 is 0 Å². The van der Waals surface area contributed by atoms with Crippen LogP contribution in [0.5, 0.6) is 0 Å². The summed E-state index contributed by atoms with van der Waals surface area (Å²) >= 11 is 0. The molecule has 1 aliphatic rings. The first kappa shape index (κ1) is 9.45. The van der Waals surface area contributed by atoms with Crippen molar-refractivity contribution in [3.05, 3.63) is 47.7 Å². The van der Waals surface area contributed by atoms with Crippen molar-refractivity contribution in [2.45, 2.75) is 6.10 Å². The van der Waals surface area contributed by atoms with Gasteiger partial charge in [0.25, 0.3) is 5.91 Å². The number of primary amides is 1. The van der Waals surface area contributed by atoms with E-state index in [4.69, 9.17) is 10.5 Å². The van der Waals surface area contributed by atoms with E-state index in [2.05, 4.69) is 0 Å². The van der Waals surface area contributed by atoms with E-state index < -0.39 is 12.0 Å². The maximum absolute atomic E-state index is 11.5. The van der Waals surface area contributed by atoms with Crippen LogP contribution in [0.3, 0.4) is 0 Å². The van der Waals surface area contributed by atoms with Crippen molar-refractivity contribution in [2.75, 3.05) is 0 Å². The van der Waals surface area contributed by atoms with Gasteiger partial charge in [0.15, 0.2) is 11.9 Å². The number of ketones is 1. The summed E-state index contributed by atoms with van der Waals surface area (Å²) in [5, 5.41) is 0. The van der Waals surface area contributed by atoms with Gasteiger partial charge < -0.3 is 10.5 Å². The summed E-state index contributed by atoms with van der Waals surface area (Å²) < 4.78 is 5.16. The Labute approximate surface area is 86.3 Å².